The van der Waals surface area contributed by atoms with Crippen molar-refractivity contribution in [1.82, 2.24) is 4.90 Å². The molecule has 2 N–H and O–H groups in total. The minimum Gasteiger partial charge on any atom is -0.346 e. The first kappa shape index (κ1) is 14.4. The van der Waals surface area contributed by atoms with Gasteiger partial charge in [0.25, 0.3) is 0 Å². The third-order valence-corrected chi connectivity index (χ3v) is 6.04. The highest BCUT2D eigenvalue weighted by Gasteiger charge is 2.51. The Hall–Kier alpha value is -0.570. The molecule has 4 rings (SSSR count). The van der Waals surface area contributed by atoms with E-state index in [0.29, 0.717) is 11.3 Å². The molecule has 4 bridgehead atoms. The summed E-state index contributed by atoms with van der Waals surface area (Å²) in [5, 5.41) is 0. The maximum Gasteiger partial charge on any atom is 0.222 e. The van der Waals surface area contributed by atoms with Crippen LogP contribution in [0, 0.1) is 23.2 Å². The van der Waals surface area contributed by atoms with Crippen molar-refractivity contribution in [3.8, 4) is 0 Å². The summed E-state index contributed by atoms with van der Waals surface area (Å²) >= 11 is 0. The third kappa shape index (κ3) is 2.88. The van der Waals surface area contributed by atoms with Crippen LogP contribution in [0.25, 0.3) is 0 Å². The second-order valence-electron chi connectivity index (χ2n) is 8.18. The van der Waals surface area contributed by atoms with Crippen molar-refractivity contribution in [2.24, 2.45) is 28.9 Å². The van der Waals surface area contributed by atoms with Crippen LogP contribution >= 0.6 is 0 Å². The number of carbonyl (C=O) groups is 1. The summed E-state index contributed by atoms with van der Waals surface area (Å²) in [6.45, 7) is 2.82. The summed E-state index contributed by atoms with van der Waals surface area (Å²) < 4.78 is 0. The molecular weight excluding hydrogens is 248 g/mol. The first-order chi connectivity index (χ1) is 9.46. The Balaban J connectivity index is 1.58. The normalized spacial score (nSPS) is 39.9. The standard InChI is InChI=1S/C17H30N2O/c1-12(18)3-4-19(2)16(20)11-17-8-13-5-14(9-17)7-15(6-13)10-17/h12-15H,3-11,18H2,1-2H3. The van der Waals surface area contributed by atoms with E-state index in [0.717, 1.165) is 37.1 Å². The smallest absolute Gasteiger partial charge is 0.222 e. The third-order valence-electron chi connectivity index (χ3n) is 6.04. The summed E-state index contributed by atoms with van der Waals surface area (Å²) in [7, 11) is 1.95. The first-order valence-electron chi connectivity index (χ1n) is 8.45. The van der Waals surface area contributed by atoms with Gasteiger partial charge in [0.15, 0.2) is 0 Å². The van der Waals surface area contributed by atoms with Crippen LogP contribution in [-0.2, 0) is 4.79 Å². The molecular formula is C17H30N2O. The molecule has 0 aliphatic heterocycles. The Morgan fingerprint density at radius 3 is 2.15 bits per heavy atom. The molecule has 1 unspecified atom stereocenters. The Morgan fingerprint density at radius 1 is 1.20 bits per heavy atom. The average molecular weight is 278 g/mol. The fourth-order valence-electron chi connectivity index (χ4n) is 5.48. The first-order valence-corrected chi connectivity index (χ1v) is 8.45. The topological polar surface area (TPSA) is 46.3 Å². The molecule has 0 saturated heterocycles. The molecule has 4 fully saturated rings. The average Bonchev–Trinajstić information content (AvgIpc) is 2.33. The van der Waals surface area contributed by atoms with E-state index < -0.39 is 0 Å². The van der Waals surface area contributed by atoms with E-state index >= 15 is 0 Å². The van der Waals surface area contributed by atoms with Crippen LogP contribution in [0.5, 0.6) is 0 Å². The molecule has 0 radical (unpaired) electrons. The minimum atomic E-state index is 0.185. The van der Waals surface area contributed by atoms with Gasteiger partial charge in [0.05, 0.1) is 0 Å². The molecule has 4 aliphatic carbocycles. The van der Waals surface area contributed by atoms with Gasteiger partial charge in [0.2, 0.25) is 5.91 Å². The minimum absolute atomic E-state index is 0.185. The maximum atomic E-state index is 12.5. The van der Waals surface area contributed by atoms with Gasteiger partial charge in [-0.2, -0.15) is 0 Å². The number of hydrogen-bond donors (Lipinski definition) is 1. The molecule has 0 aromatic rings. The number of carbonyl (C=O) groups excluding carboxylic acids is 1. The van der Waals surface area contributed by atoms with Crippen LogP contribution in [0.2, 0.25) is 0 Å². The van der Waals surface area contributed by atoms with Gasteiger partial charge in [-0.3, -0.25) is 4.79 Å². The van der Waals surface area contributed by atoms with Gasteiger partial charge in [-0.05, 0) is 75.0 Å². The van der Waals surface area contributed by atoms with E-state index in [1.54, 1.807) is 0 Å². The summed E-state index contributed by atoms with van der Waals surface area (Å²) in [5.74, 6) is 3.16. The highest BCUT2D eigenvalue weighted by Crippen LogP contribution is 2.61. The zero-order valence-corrected chi connectivity index (χ0v) is 13.1. The number of nitrogens with zero attached hydrogens (tertiary/aromatic N) is 1. The monoisotopic (exact) mass is 278 g/mol. The molecule has 0 spiro atoms. The van der Waals surface area contributed by atoms with Gasteiger partial charge < -0.3 is 10.6 Å². The number of hydrogen-bond acceptors (Lipinski definition) is 2. The Bertz CT molecular complexity index is 342. The predicted molar refractivity (Wildman–Crippen MR) is 81.1 cm³/mol. The van der Waals surface area contributed by atoms with Gasteiger partial charge in [0, 0.05) is 26.1 Å². The Labute approximate surface area is 123 Å². The summed E-state index contributed by atoms with van der Waals surface area (Å²) in [6, 6.07) is 0.185. The van der Waals surface area contributed by atoms with Crippen LogP contribution in [-0.4, -0.2) is 30.4 Å². The molecule has 0 heterocycles. The second-order valence-corrected chi connectivity index (χ2v) is 8.18. The lowest BCUT2D eigenvalue weighted by Crippen LogP contribution is -2.48. The molecule has 0 aromatic heterocycles. The largest absolute Gasteiger partial charge is 0.346 e. The molecule has 4 aliphatic rings. The Kier molecular flexibility index (Phi) is 3.83. The molecule has 20 heavy (non-hydrogen) atoms. The maximum absolute atomic E-state index is 12.5. The van der Waals surface area contributed by atoms with Crippen LogP contribution < -0.4 is 5.73 Å². The highest BCUT2D eigenvalue weighted by molar-refractivity contribution is 5.76. The highest BCUT2D eigenvalue weighted by atomic mass is 16.2. The lowest BCUT2D eigenvalue weighted by atomic mass is 9.49. The van der Waals surface area contributed by atoms with Crippen LogP contribution in [0.3, 0.4) is 0 Å². The van der Waals surface area contributed by atoms with Gasteiger partial charge in [-0.25, -0.2) is 0 Å². The van der Waals surface area contributed by atoms with E-state index in [9.17, 15) is 4.79 Å². The number of rotatable bonds is 5. The van der Waals surface area contributed by atoms with Gasteiger partial charge >= 0.3 is 0 Å². The van der Waals surface area contributed by atoms with E-state index in [2.05, 4.69) is 0 Å². The number of amides is 1. The van der Waals surface area contributed by atoms with E-state index in [-0.39, 0.29) is 6.04 Å². The van der Waals surface area contributed by atoms with Crippen molar-refractivity contribution >= 4 is 5.91 Å². The van der Waals surface area contributed by atoms with Crippen molar-refractivity contribution in [3.05, 3.63) is 0 Å². The SMILES string of the molecule is CC(N)CCN(C)C(=O)CC12CC3CC(CC(C3)C1)C2. The van der Waals surface area contributed by atoms with Gasteiger partial charge in [-0.1, -0.05) is 0 Å². The van der Waals surface area contributed by atoms with Crippen molar-refractivity contribution in [2.75, 3.05) is 13.6 Å². The molecule has 3 heteroatoms. The molecule has 1 atom stereocenters. The zero-order chi connectivity index (χ0) is 14.3. The van der Waals surface area contributed by atoms with Gasteiger partial charge in [-0.15, -0.1) is 0 Å². The van der Waals surface area contributed by atoms with E-state index in [1.807, 2.05) is 18.9 Å². The lowest BCUT2D eigenvalue weighted by molar-refractivity contribution is -0.138. The quantitative estimate of drug-likeness (QED) is 0.840. The summed E-state index contributed by atoms with van der Waals surface area (Å²) in [4.78, 5) is 14.4. The van der Waals surface area contributed by atoms with Crippen molar-refractivity contribution < 1.29 is 4.79 Å². The Morgan fingerprint density at radius 2 is 1.70 bits per heavy atom. The van der Waals surface area contributed by atoms with Gasteiger partial charge in [0.1, 0.15) is 0 Å². The zero-order valence-electron chi connectivity index (χ0n) is 13.1. The van der Waals surface area contributed by atoms with Crippen LogP contribution in [0.4, 0.5) is 0 Å². The lowest BCUT2D eigenvalue weighted by Gasteiger charge is -2.56. The molecule has 3 nitrogen and oxygen atoms in total. The fraction of sp³-hybridized carbons (Fsp3) is 0.941. The molecule has 4 saturated carbocycles. The van der Waals surface area contributed by atoms with E-state index in [1.165, 1.54) is 38.5 Å². The fourth-order valence-corrected chi connectivity index (χ4v) is 5.48. The van der Waals surface area contributed by atoms with Crippen molar-refractivity contribution in [2.45, 2.75) is 64.3 Å². The van der Waals surface area contributed by atoms with E-state index in [4.69, 9.17) is 5.73 Å². The van der Waals surface area contributed by atoms with Crippen molar-refractivity contribution in [1.29, 1.82) is 0 Å². The predicted octanol–water partition coefficient (Wildman–Crippen LogP) is 2.79. The molecule has 0 aromatic carbocycles. The summed E-state index contributed by atoms with van der Waals surface area (Å²) in [6.07, 6.45) is 10.0. The number of nitrogens with two attached hydrogens (primary N) is 1. The molecule has 1 amide bonds. The second kappa shape index (κ2) is 5.32. The van der Waals surface area contributed by atoms with Crippen LogP contribution in [0.1, 0.15) is 58.3 Å². The summed E-state index contributed by atoms with van der Waals surface area (Å²) in [5.41, 5.74) is 6.16. The van der Waals surface area contributed by atoms with Crippen LogP contribution in [0.15, 0.2) is 0 Å². The molecule has 114 valence electrons. The van der Waals surface area contributed by atoms with Crippen molar-refractivity contribution in [3.63, 3.8) is 0 Å².